The number of benzene rings is 1. The maximum absolute atomic E-state index is 12.7. The van der Waals surface area contributed by atoms with Crippen LogP contribution in [0.15, 0.2) is 36.5 Å². The third-order valence-electron chi connectivity index (χ3n) is 5.19. The number of nitrogens with zero attached hydrogens (tertiary/aromatic N) is 4. The largest absolute Gasteiger partial charge is 0.493 e. The normalized spacial score (nSPS) is 14.2. The minimum absolute atomic E-state index is 0.0273. The molecule has 9 heteroatoms. The van der Waals surface area contributed by atoms with Crippen LogP contribution in [-0.4, -0.2) is 61.1 Å². The number of carbonyl (C=O) groups is 1. The van der Waals surface area contributed by atoms with Gasteiger partial charge in [-0.15, -0.1) is 0 Å². The van der Waals surface area contributed by atoms with Gasteiger partial charge in [0.15, 0.2) is 11.5 Å². The summed E-state index contributed by atoms with van der Waals surface area (Å²) in [5, 5.41) is 10.8. The average Bonchev–Trinajstić information content (AvgIpc) is 3.03. The van der Waals surface area contributed by atoms with E-state index in [0.29, 0.717) is 49.8 Å². The molecule has 1 aliphatic heterocycles. The first-order chi connectivity index (χ1) is 14.5. The van der Waals surface area contributed by atoms with Crippen LogP contribution in [0.2, 0.25) is 0 Å². The number of aryl methyl sites for hydroxylation is 1. The Labute approximate surface area is 175 Å². The van der Waals surface area contributed by atoms with E-state index in [1.54, 1.807) is 20.3 Å². The standard InChI is InChI=1S/C21H26N4O5/c1-29-18-7-4-16(14-19(18)30-2)5-9-21(26)24-11-3-10-23(12-13-24)20-8-6-17(15-22-20)25(27)28/h4,6-8,14-15H,3,5,9-13H2,1-2H3. The van der Waals surface area contributed by atoms with Crippen LogP contribution in [0.4, 0.5) is 11.5 Å². The SMILES string of the molecule is COc1ccc(CCC(=O)N2CCCN(c3ccc([N+](=O)[O-])cn3)CC2)cc1OC. The zero-order chi connectivity index (χ0) is 21.5. The lowest BCUT2D eigenvalue weighted by atomic mass is 10.1. The van der Waals surface area contributed by atoms with E-state index in [-0.39, 0.29) is 11.6 Å². The summed E-state index contributed by atoms with van der Waals surface area (Å²) in [4.78, 5) is 31.2. The van der Waals surface area contributed by atoms with E-state index in [4.69, 9.17) is 9.47 Å². The summed E-state index contributed by atoms with van der Waals surface area (Å²) in [5.74, 6) is 2.13. The summed E-state index contributed by atoms with van der Waals surface area (Å²) in [7, 11) is 3.19. The maximum Gasteiger partial charge on any atom is 0.287 e. The highest BCUT2D eigenvalue weighted by atomic mass is 16.6. The van der Waals surface area contributed by atoms with Crippen molar-refractivity contribution in [3.63, 3.8) is 0 Å². The Morgan fingerprint density at radius 3 is 2.57 bits per heavy atom. The zero-order valence-electron chi connectivity index (χ0n) is 17.2. The molecule has 0 atom stereocenters. The Hall–Kier alpha value is -3.36. The van der Waals surface area contributed by atoms with Crippen molar-refractivity contribution < 1.29 is 19.2 Å². The molecule has 0 saturated carbocycles. The summed E-state index contributed by atoms with van der Waals surface area (Å²) in [5.41, 5.74) is 0.994. The van der Waals surface area contributed by atoms with E-state index in [9.17, 15) is 14.9 Å². The van der Waals surface area contributed by atoms with Gasteiger partial charge >= 0.3 is 0 Å². The molecule has 2 aromatic rings. The topological polar surface area (TPSA) is 98.0 Å². The summed E-state index contributed by atoms with van der Waals surface area (Å²) in [6.07, 6.45) is 3.14. The van der Waals surface area contributed by atoms with Gasteiger partial charge in [-0.2, -0.15) is 0 Å². The number of aromatic nitrogens is 1. The molecule has 0 radical (unpaired) electrons. The summed E-state index contributed by atoms with van der Waals surface area (Å²) in [6.45, 7) is 2.69. The van der Waals surface area contributed by atoms with Gasteiger partial charge in [0.05, 0.1) is 19.1 Å². The average molecular weight is 414 g/mol. The quantitative estimate of drug-likeness (QED) is 0.507. The Morgan fingerprint density at radius 2 is 1.90 bits per heavy atom. The van der Waals surface area contributed by atoms with E-state index in [0.717, 1.165) is 18.5 Å². The first-order valence-electron chi connectivity index (χ1n) is 9.86. The fraction of sp³-hybridized carbons (Fsp3) is 0.429. The molecule has 1 aliphatic rings. The number of amides is 1. The molecule has 0 N–H and O–H groups in total. The van der Waals surface area contributed by atoms with Gasteiger partial charge in [-0.3, -0.25) is 14.9 Å². The lowest BCUT2D eigenvalue weighted by molar-refractivity contribution is -0.385. The number of nitro groups is 1. The molecule has 0 spiro atoms. The minimum atomic E-state index is -0.460. The van der Waals surface area contributed by atoms with Crippen LogP contribution in [0, 0.1) is 10.1 Å². The van der Waals surface area contributed by atoms with Crippen LogP contribution >= 0.6 is 0 Å². The van der Waals surface area contributed by atoms with Gasteiger partial charge in [-0.25, -0.2) is 4.98 Å². The Balaban J connectivity index is 1.54. The number of methoxy groups -OCH3 is 2. The Kier molecular flexibility index (Phi) is 7.05. The van der Waals surface area contributed by atoms with E-state index in [1.165, 1.54) is 12.3 Å². The molecular weight excluding hydrogens is 388 g/mol. The zero-order valence-corrected chi connectivity index (χ0v) is 17.2. The van der Waals surface area contributed by atoms with Gasteiger partial charge in [-0.05, 0) is 36.6 Å². The number of carbonyl (C=O) groups excluding carboxylic acids is 1. The number of ether oxygens (including phenoxy) is 2. The molecule has 0 unspecified atom stereocenters. The number of hydrogen-bond acceptors (Lipinski definition) is 7. The van der Waals surface area contributed by atoms with Gasteiger partial charge in [-0.1, -0.05) is 6.07 Å². The highest BCUT2D eigenvalue weighted by Gasteiger charge is 2.20. The van der Waals surface area contributed by atoms with Crippen LogP contribution in [0.1, 0.15) is 18.4 Å². The van der Waals surface area contributed by atoms with E-state index >= 15 is 0 Å². The molecule has 3 rings (SSSR count). The van der Waals surface area contributed by atoms with Crippen molar-refractivity contribution >= 4 is 17.4 Å². The molecule has 1 fully saturated rings. The monoisotopic (exact) mass is 414 g/mol. The van der Waals surface area contributed by atoms with Crippen molar-refractivity contribution in [1.82, 2.24) is 9.88 Å². The predicted octanol–water partition coefficient (Wildman–Crippen LogP) is 2.68. The number of rotatable bonds is 7. The predicted molar refractivity (Wildman–Crippen MR) is 112 cm³/mol. The van der Waals surface area contributed by atoms with Gasteiger partial charge in [0.2, 0.25) is 5.91 Å². The van der Waals surface area contributed by atoms with E-state index in [2.05, 4.69) is 9.88 Å². The summed E-state index contributed by atoms with van der Waals surface area (Å²) < 4.78 is 10.6. The van der Waals surface area contributed by atoms with Crippen molar-refractivity contribution in [1.29, 1.82) is 0 Å². The fourth-order valence-corrected chi connectivity index (χ4v) is 3.51. The molecule has 30 heavy (non-hydrogen) atoms. The van der Waals surface area contributed by atoms with Gasteiger partial charge in [0.25, 0.3) is 5.69 Å². The summed E-state index contributed by atoms with van der Waals surface area (Å²) in [6, 6.07) is 8.81. The second kappa shape index (κ2) is 9.91. The maximum atomic E-state index is 12.7. The van der Waals surface area contributed by atoms with Crippen LogP contribution in [0.3, 0.4) is 0 Å². The second-order valence-electron chi connectivity index (χ2n) is 7.04. The van der Waals surface area contributed by atoms with Crippen molar-refractivity contribution in [2.45, 2.75) is 19.3 Å². The van der Waals surface area contributed by atoms with Crippen molar-refractivity contribution in [2.24, 2.45) is 0 Å². The Morgan fingerprint density at radius 1 is 1.10 bits per heavy atom. The molecule has 2 heterocycles. The molecule has 1 amide bonds. The van der Waals surface area contributed by atoms with E-state index in [1.807, 2.05) is 23.1 Å². The second-order valence-corrected chi connectivity index (χ2v) is 7.04. The fourth-order valence-electron chi connectivity index (χ4n) is 3.51. The lowest BCUT2D eigenvalue weighted by Gasteiger charge is -2.23. The van der Waals surface area contributed by atoms with Crippen molar-refractivity contribution in [3.05, 3.63) is 52.2 Å². The molecule has 0 bridgehead atoms. The van der Waals surface area contributed by atoms with Gasteiger partial charge < -0.3 is 19.3 Å². The number of pyridine rings is 1. The first-order valence-corrected chi connectivity index (χ1v) is 9.86. The lowest BCUT2D eigenvalue weighted by Crippen LogP contribution is -2.35. The van der Waals surface area contributed by atoms with E-state index < -0.39 is 4.92 Å². The molecule has 1 aromatic heterocycles. The number of anilines is 1. The molecule has 160 valence electrons. The molecular formula is C21H26N4O5. The van der Waals surface area contributed by atoms with Crippen molar-refractivity contribution in [3.8, 4) is 11.5 Å². The summed E-state index contributed by atoms with van der Waals surface area (Å²) >= 11 is 0. The van der Waals surface area contributed by atoms with Gasteiger partial charge in [0.1, 0.15) is 12.0 Å². The van der Waals surface area contributed by atoms with Crippen LogP contribution in [0.25, 0.3) is 0 Å². The Bertz CT molecular complexity index is 887. The third-order valence-corrected chi connectivity index (χ3v) is 5.19. The van der Waals surface area contributed by atoms with Gasteiger partial charge in [0, 0.05) is 38.7 Å². The highest BCUT2D eigenvalue weighted by Crippen LogP contribution is 2.28. The third kappa shape index (κ3) is 5.16. The van der Waals surface area contributed by atoms with Crippen LogP contribution in [0.5, 0.6) is 11.5 Å². The molecule has 1 aromatic carbocycles. The molecule has 9 nitrogen and oxygen atoms in total. The minimum Gasteiger partial charge on any atom is -0.493 e. The van der Waals surface area contributed by atoms with Crippen LogP contribution in [-0.2, 0) is 11.2 Å². The van der Waals surface area contributed by atoms with Crippen LogP contribution < -0.4 is 14.4 Å². The number of hydrogen-bond donors (Lipinski definition) is 0. The smallest absolute Gasteiger partial charge is 0.287 e. The molecule has 0 aliphatic carbocycles. The molecule has 1 saturated heterocycles. The first kappa shape index (κ1) is 21.4. The highest BCUT2D eigenvalue weighted by molar-refractivity contribution is 5.76. The van der Waals surface area contributed by atoms with Crippen molar-refractivity contribution in [2.75, 3.05) is 45.3 Å².